The number of aromatic nitrogens is 1. The van der Waals surface area contributed by atoms with Gasteiger partial charge in [0.1, 0.15) is 0 Å². The summed E-state index contributed by atoms with van der Waals surface area (Å²) in [7, 11) is 0. The fraction of sp³-hybridized carbons (Fsp3) is 0.444. The van der Waals surface area contributed by atoms with Crippen molar-refractivity contribution in [1.82, 2.24) is 9.88 Å². The maximum Gasteiger partial charge on any atom is 0.238 e. The number of benzene rings is 1. The molecule has 1 aliphatic heterocycles. The average molecular weight is 345 g/mol. The predicted octanol–water partition coefficient (Wildman–Crippen LogP) is 2.90. The third kappa shape index (κ3) is 4.20. The molecule has 6 heteroatoms. The number of likely N-dealkylation sites (tertiary alicyclic amines) is 1. The number of hydrogen-bond acceptors (Lipinski definition) is 5. The number of aliphatic hydroxyl groups is 1. The number of nitrogens with one attached hydrogen (secondary N) is 1. The Hall–Kier alpha value is -1.76. The molecule has 128 valence electrons. The van der Waals surface area contributed by atoms with Crippen molar-refractivity contribution in [2.24, 2.45) is 0 Å². The molecule has 5 nitrogen and oxygen atoms in total. The molecule has 2 heterocycles. The topological polar surface area (TPSA) is 65.5 Å². The molecule has 2 aromatic rings. The van der Waals surface area contributed by atoms with Gasteiger partial charge in [0.05, 0.1) is 23.9 Å². The molecule has 0 aliphatic carbocycles. The van der Waals surface area contributed by atoms with Crippen LogP contribution in [0.25, 0.3) is 11.3 Å². The van der Waals surface area contributed by atoms with E-state index in [9.17, 15) is 9.90 Å². The molecule has 1 atom stereocenters. The molecule has 1 fully saturated rings. The van der Waals surface area contributed by atoms with Gasteiger partial charge in [0, 0.05) is 22.7 Å². The number of anilines is 1. The molecule has 1 unspecified atom stereocenters. The van der Waals surface area contributed by atoms with Crippen LogP contribution in [0, 0.1) is 6.92 Å². The van der Waals surface area contributed by atoms with E-state index in [1.54, 1.807) is 11.3 Å². The maximum atomic E-state index is 12.3. The summed E-state index contributed by atoms with van der Waals surface area (Å²) in [6.45, 7) is 3.30. The van der Waals surface area contributed by atoms with Crippen LogP contribution in [-0.4, -0.2) is 46.6 Å². The minimum atomic E-state index is -0.0399. The summed E-state index contributed by atoms with van der Waals surface area (Å²) in [4.78, 5) is 18.9. The van der Waals surface area contributed by atoms with Gasteiger partial charge < -0.3 is 10.4 Å². The predicted molar refractivity (Wildman–Crippen MR) is 97.2 cm³/mol. The first-order valence-corrected chi connectivity index (χ1v) is 9.21. The van der Waals surface area contributed by atoms with Crippen molar-refractivity contribution >= 4 is 22.9 Å². The zero-order valence-corrected chi connectivity index (χ0v) is 14.7. The normalized spacial score (nSPS) is 18.5. The molecule has 1 saturated heterocycles. The lowest BCUT2D eigenvalue weighted by atomic mass is 10.0. The number of carbonyl (C=O) groups is 1. The van der Waals surface area contributed by atoms with Crippen molar-refractivity contribution in [3.05, 3.63) is 34.7 Å². The third-order valence-electron chi connectivity index (χ3n) is 4.37. The van der Waals surface area contributed by atoms with E-state index >= 15 is 0 Å². The Morgan fingerprint density at radius 2 is 2.33 bits per heavy atom. The lowest BCUT2D eigenvalue weighted by molar-refractivity contribution is -0.118. The largest absolute Gasteiger partial charge is 0.395 e. The van der Waals surface area contributed by atoms with E-state index in [1.807, 2.05) is 36.6 Å². The molecule has 1 aliphatic rings. The molecule has 0 saturated carbocycles. The van der Waals surface area contributed by atoms with E-state index in [0.29, 0.717) is 6.54 Å². The number of nitrogens with zero attached hydrogens (tertiary/aromatic N) is 2. The summed E-state index contributed by atoms with van der Waals surface area (Å²) in [5.74, 6) is -0.0399. The first-order valence-electron chi connectivity index (χ1n) is 8.33. The van der Waals surface area contributed by atoms with Gasteiger partial charge in [-0.2, -0.15) is 0 Å². The Balaban J connectivity index is 1.64. The zero-order chi connectivity index (χ0) is 16.9. The van der Waals surface area contributed by atoms with E-state index in [2.05, 4.69) is 15.2 Å². The maximum absolute atomic E-state index is 12.3. The highest BCUT2D eigenvalue weighted by atomic mass is 32.1. The first kappa shape index (κ1) is 17.1. The van der Waals surface area contributed by atoms with Crippen molar-refractivity contribution in [2.75, 3.05) is 25.0 Å². The lowest BCUT2D eigenvalue weighted by Gasteiger charge is -2.33. The molecule has 0 radical (unpaired) electrons. The highest BCUT2D eigenvalue weighted by Gasteiger charge is 2.23. The Morgan fingerprint density at radius 3 is 3.08 bits per heavy atom. The summed E-state index contributed by atoms with van der Waals surface area (Å²) in [5.41, 5.74) is 2.72. The van der Waals surface area contributed by atoms with Crippen molar-refractivity contribution in [3.63, 3.8) is 0 Å². The number of amides is 1. The number of rotatable bonds is 5. The quantitative estimate of drug-likeness (QED) is 0.874. The number of carbonyl (C=O) groups excluding carboxylic acids is 1. The number of hydrogen-bond donors (Lipinski definition) is 2. The minimum Gasteiger partial charge on any atom is -0.395 e. The molecule has 1 amide bonds. The summed E-state index contributed by atoms with van der Waals surface area (Å²) >= 11 is 1.62. The molecule has 1 aromatic carbocycles. The van der Waals surface area contributed by atoms with Crippen LogP contribution < -0.4 is 5.32 Å². The van der Waals surface area contributed by atoms with Gasteiger partial charge in [-0.25, -0.2) is 4.98 Å². The number of piperidine rings is 1. The summed E-state index contributed by atoms with van der Waals surface area (Å²) in [6.07, 6.45) is 3.17. The average Bonchev–Trinajstić information content (AvgIpc) is 3.02. The summed E-state index contributed by atoms with van der Waals surface area (Å²) < 4.78 is 0. The Morgan fingerprint density at radius 1 is 1.46 bits per heavy atom. The van der Waals surface area contributed by atoms with Crippen molar-refractivity contribution in [3.8, 4) is 11.3 Å². The van der Waals surface area contributed by atoms with Gasteiger partial charge in [0.25, 0.3) is 0 Å². The Labute approximate surface area is 146 Å². The fourth-order valence-electron chi connectivity index (χ4n) is 3.11. The van der Waals surface area contributed by atoms with E-state index in [1.165, 1.54) is 0 Å². The van der Waals surface area contributed by atoms with Crippen LogP contribution in [0.5, 0.6) is 0 Å². The van der Waals surface area contributed by atoms with Gasteiger partial charge in [0.15, 0.2) is 0 Å². The molecule has 2 N–H and O–H groups in total. The lowest BCUT2D eigenvalue weighted by Crippen LogP contribution is -2.45. The van der Waals surface area contributed by atoms with Crippen LogP contribution in [0.2, 0.25) is 0 Å². The van der Waals surface area contributed by atoms with E-state index in [-0.39, 0.29) is 18.6 Å². The van der Waals surface area contributed by atoms with Crippen molar-refractivity contribution in [1.29, 1.82) is 0 Å². The van der Waals surface area contributed by atoms with Gasteiger partial charge >= 0.3 is 0 Å². The van der Waals surface area contributed by atoms with Gasteiger partial charge in [0.2, 0.25) is 5.91 Å². The van der Waals surface area contributed by atoms with E-state index < -0.39 is 0 Å². The van der Waals surface area contributed by atoms with Crippen LogP contribution in [0.15, 0.2) is 29.6 Å². The summed E-state index contributed by atoms with van der Waals surface area (Å²) in [5, 5.41) is 15.5. The third-order valence-corrected chi connectivity index (χ3v) is 5.14. The molecule has 24 heavy (non-hydrogen) atoms. The second-order valence-corrected chi connectivity index (χ2v) is 7.25. The first-order chi connectivity index (χ1) is 11.7. The molecule has 0 bridgehead atoms. The molecule has 1 aromatic heterocycles. The highest BCUT2D eigenvalue weighted by Crippen LogP contribution is 2.24. The molecule has 0 spiro atoms. The van der Waals surface area contributed by atoms with E-state index in [4.69, 9.17) is 0 Å². The Bertz CT molecular complexity index is 701. The van der Waals surface area contributed by atoms with Crippen LogP contribution in [0.4, 0.5) is 5.69 Å². The summed E-state index contributed by atoms with van der Waals surface area (Å²) in [6, 6.07) is 7.87. The molecular formula is C18H23N3O2S. The standard InChI is InChI=1S/C18H23N3O2S/c1-13-19-17(12-24-13)14-5-4-6-15(9-14)20-18(23)10-21-8-3-2-7-16(21)11-22/h4-6,9,12,16,22H,2-3,7-8,10-11H2,1H3,(H,20,23). The monoisotopic (exact) mass is 345 g/mol. The van der Waals surface area contributed by atoms with Crippen molar-refractivity contribution in [2.45, 2.75) is 32.2 Å². The van der Waals surface area contributed by atoms with Crippen LogP contribution >= 0.6 is 11.3 Å². The van der Waals surface area contributed by atoms with Crippen LogP contribution in [0.3, 0.4) is 0 Å². The SMILES string of the molecule is Cc1nc(-c2cccc(NC(=O)CN3CCCCC3CO)c2)cs1. The minimum absolute atomic E-state index is 0.0399. The smallest absolute Gasteiger partial charge is 0.238 e. The van der Waals surface area contributed by atoms with Gasteiger partial charge in [-0.3, -0.25) is 9.69 Å². The second kappa shape index (κ2) is 7.88. The van der Waals surface area contributed by atoms with Crippen molar-refractivity contribution < 1.29 is 9.90 Å². The fourth-order valence-corrected chi connectivity index (χ4v) is 3.73. The second-order valence-electron chi connectivity index (χ2n) is 6.18. The van der Waals surface area contributed by atoms with Crippen LogP contribution in [0.1, 0.15) is 24.3 Å². The molecular weight excluding hydrogens is 322 g/mol. The van der Waals surface area contributed by atoms with Crippen LogP contribution in [-0.2, 0) is 4.79 Å². The van der Waals surface area contributed by atoms with Gasteiger partial charge in [-0.1, -0.05) is 18.6 Å². The Kier molecular flexibility index (Phi) is 5.60. The highest BCUT2D eigenvalue weighted by molar-refractivity contribution is 7.09. The number of aryl methyl sites for hydroxylation is 1. The number of aliphatic hydroxyl groups excluding tert-OH is 1. The van der Waals surface area contributed by atoms with E-state index in [0.717, 1.165) is 47.8 Å². The molecule has 3 rings (SSSR count). The van der Waals surface area contributed by atoms with Gasteiger partial charge in [-0.05, 0) is 38.4 Å². The zero-order valence-electron chi connectivity index (χ0n) is 13.9. The van der Waals surface area contributed by atoms with Gasteiger partial charge in [-0.15, -0.1) is 11.3 Å². The number of thiazole rings is 1.